The van der Waals surface area contributed by atoms with E-state index in [0.717, 1.165) is 24.8 Å². The Morgan fingerprint density at radius 3 is 2.52 bits per heavy atom. The van der Waals surface area contributed by atoms with Crippen LogP contribution in [0.3, 0.4) is 0 Å². The summed E-state index contributed by atoms with van der Waals surface area (Å²) in [6.07, 6.45) is 2.66. The van der Waals surface area contributed by atoms with Gasteiger partial charge in [-0.2, -0.15) is 4.31 Å². The summed E-state index contributed by atoms with van der Waals surface area (Å²) in [4.78, 5) is 24.6. The van der Waals surface area contributed by atoms with Crippen LogP contribution in [0.15, 0.2) is 47.4 Å². The molecule has 0 radical (unpaired) electrons. The van der Waals surface area contributed by atoms with Gasteiger partial charge in [-0.25, -0.2) is 13.2 Å². The van der Waals surface area contributed by atoms with Crippen molar-refractivity contribution in [2.75, 3.05) is 19.7 Å². The maximum absolute atomic E-state index is 12.9. The molecular formula is C22H25ClN2O5S. The molecule has 1 N–H and O–H groups in total. The molecule has 2 aromatic rings. The Bertz CT molecular complexity index is 1070. The minimum Gasteiger partial charge on any atom is -0.452 e. The molecule has 3 rings (SSSR count). The third kappa shape index (κ3) is 5.84. The Morgan fingerprint density at radius 1 is 1.10 bits per heavy atom. The topological polar surface area (TPSA) is 92.8 Å². The SMILES string of the molecule is Cc1ccc(S(=O)(=O)N2CCCCC2)cc1C(=O)OCC(=O)NCc1ccccc1Cl. The summed E-state index contributed by atoms with van der Waals surface area (Å²) in [6.45, 7) is 2.36. The van der Waals surface area contributed by atoms with Gasteiger partial charge in [-0.15, -0.1) is 0 Å². The molecule has 0 spiro atoms. The van der Waals surface area contributed by atoms with Crippen LogP contribution in [-0.2, 0) is 26.1 Å². The molecule has 0 atom stereocenters. The molecule has 1 heterocycles. The highest BCUT2D eigenvalue weighted by atomic mass is 35.5. The molecule has 166 valence electrons. The largest absolute Gasteiger partial charge is 0.452 e. The van der Waals surface area contributed by atoms with E-state index in [1.165, 1.54) is 16.4 Å². The van der Waals surface area contributed by atoms with Crippen molar-refractivity contribution in [1.29, 1.82) is 0 Å². The second kappa shape index (κ2) is 10.3. The molecule has 9 heteroatoms. The highest BCUT2D eigenvalue weighted by Crippen LogP contribution is 2.23. The standard InChI is InChI=1S/C22H25ClN2O5S/c1-16-9-10-18(31(28,29)25-11-5-2-6-12-25)13-19(16)22(27)30-15-21(26)24-14-17-7-3-4-8-20(17)23/h3-4,7-10,13H,2,5-6,11-12,14-15H2,1H3,(H,24,26). The first-order chi connectivity index (χ1) is 14.8. The Balaban J connectivity index is 1.62. The fraction of sp³-hybridized carbons (Fsp3) is 0.364. The normalized spacial score (nSPS) is 14.8. The van der Waals surface area contributed by atoms with Crippen LogP contribution in [0.5, 0.6) is 0 Å². The third-order valence-electron chi connectivity index (χ3n) is 5.15. The molecular weight excluding hydrogens is 440 g/mol. The Kier molecular flexibility index (Phi) is 7.69. The molecule has 0 aromatic heterocycles. The zero-order valence-corrected chi connectivity index (χ0v) is 18.8. The van der Waals surface area contributed by atoms with Gasteiger partial charge in [-0.1, -0.05) is 42.3 Å². The minimum atomic E-state index is -3.68. The van der Waals surface area contributed by atoms with Crippen molar-refractivity contribution in [1.82, 2.24) is 9.62 Å². The molecule has 1 fully saturated rings. The molecule has 7 nitrogen and oxygen atoms in total. The number of halogens is 1. The number of amides is 1. The molecule has 0 aliphatic carbocycles. The van der Waals surface area contributed by atoms with Crippen LogP contribution >= 0.6 is 11.6 Å². The number of rotatable bonds is 7. The monoisotopic (exact) mass is 464 g/mol. The van der Waals surface area contributed by atoms with Crippen molar-refractivity contribution < 1.29 is 22.7 Å². The second-order valence-corrected chi connectivity index (χ2v) is 9.73. The molecule has 0 saturated carbocycles. The summed E-state index contributed by atoms with van der Waals surface area (Å²) in [6, 6.07) is 11.5. The van der Waals surface area contributed by atoms with Crippen molar-refractivity contribution in [2.24, 2.45) is 0 Å². The first kappa shape index (κ1) is 23.2. The zero-order valence-electron chi connectivity index (χ0n) is 17.3. The number of piperidine rings is 1. The van der Waals surface area contributed by atoms with Gasteiger partial charge in [0.25, 0.3) is 5.91 Å². The number of carbonyl (C=O) groups excluding carboxylic acids is 2. The van der Waals surface area contributed by atoms with Crippen molar-refractivity contribution >= 4 is 33.5 Å². The quantitative estimate of drug-likeness (QED) is 0.634. The Labute approximate surface area is 187 Å². The summed E-state index contributed by atoms with van der Waals surface area (Å²) < 4.78 is 32.3. The maximum Gasteiger partial charge on any atom is 0.338 e. The van der Waals surface area contributed by atoms with Gasteiger partial charge in [0, 0.05) is 24.7 Å². The molecule has 0 unspecified atom stereocenters. The van der Waals surface area contributed by atoms with E-state index >= 15 is 0 Å². The van der Waals surface area contributed by atoms with E-state index in [1.807, 2.05) is 0 Å². The van der Waals surface area contributed by atoms with Gasteiger partial charge < -0.3 is 10.1 Å². The number of hydrogen-bond donors (Lipinski definition) is 1. The van der Waals surface area contributed by atoms with Crippen LogP contribution in [0, 0.1) is 6.92 Å². The van der Waals surface area contributed by atoms with Gasteiger partial charge in [0.2, 0.25) is 10.0 Å². The summed E-state index contributed by atoms with van der Waals surface area (Å²) in [5.74, 6) is -1.23. The van der Waals surface area contributed by atoms with E-state index < -0.39 is 28.5 Å². The number of carbonyl (C=O) groups is 2. The van der Waals surface area contributed by atoms with E-state index in [0.29, 0.717) is 23.7 Å². The maximum atomic E-state index is 12.9. The molecule has 0 bridgehead atoms. The number of sulfonamides is 1. The average Bonchev–Trinajstić information content (AvgIpc) is 2.77. The van der Waals surface area contributed by atoms with Crippen molar-refractivity contribution in [3.05, 3.63) is 64.2 Å². The van der Waals surface area contributed by atoms with E-state index in [1.54, 1.807) is 37.3 Å². The van der Waals surface area contributed by atoms with E-state index in [4.69, 9.17) is 16.3 Å². The number of esters is 1. The van der Waals surface area contributed by atoms with Crippen molar-refractivity contribution in [3.63, 3.8) is 0 Å². The highest BCUT2D eigenvalue weighted by Gasteiger charge is 2.27. The van der Waals surface area contributed by atoms with E-state index in [2.05, 4.69) is 5.32 Å². The lowest BCUT2D eigenvalue weighted by Gasteiger charge is -2.26. The van der Waals surface area contributed by atoms with E-state index in [-0.39, 0.29) is 17.0 Å². The zero-order chi connectivity index (χ0) is 22.4. The summed E-state index contributed by atoms with van der Waals surface area (Å²) >= 11 is 6.05. The summed E-state index contributed by atoms with van der Waals surface area (Å²) in [5, 5.41) is 3.17. The minimum absolute atomic E-state index is 0.0510. The number of ether oxygens (including phenoxy) is 1. The Morgan fingerprint density at radius 2 is 1.81 bits per heavy atom. The van der Waals surface area contributed by atoms with Gasteiger partial charge >= 0.3 is 5.97 Å². The fourth-order valence-corrected chi connectivity index (χ4v) is 5.08. The van der Waals surface area contributed by atoms with Crippen molar-refractivity contribution in [3.8, 4) is 0 Å². The molecule has 1 amide bonds. The van der Waals surface area contributed by atoms with Gasteiger partial charge in [0.05, 0.1) is 10.5 Å². The summed E-state index contributed by atoms with van der Waals surface area (Å²) in [7, 11) is -3.68. The lowest BCUT2D eigenvalue weighted by atomic mass is 10.1. The van der Waals surface area contributed by atoms with Crippen LogP contribution in [0.1, 0.15) is 40.7 Å². The highest BCUT2D eigenvalue weighted by molar-refractivity contribution is 7.89. The fourth-order valence-electron chi connectivity index (χ4n) is 3.33. The summed E-state index contributed by atoms with van der Waals surface area (Å²) in [5.41, 5.74) is 1.44. The van der Waals surface area contributed by atoms with Crippen LogP contribution in [0.4, 0.5) is 0 Å². The molecule has 31 heavy (non-hydrogen) atoms. The predicted octanol–water partition coefficient (Wildman–Crippen LogP) is 3.30. The van der Waals surface area contributed by atoms with Gasteiger partial charge in [0.1, 0.15) is 0 Å². The van der Waals surface area contributed by atoms with Crippen LogP contribution < -0.4 is 5.32 Å². The average molecular weight is 465 g/mol. The van der Waals surface area contributed by atoms with Crippen LogP contribution in [0.25, 0.3) is 0 Å². The molecule has 2 aromatic carbocycles. The predicted molar refractivity (Wildman–Crippen MR) is 117 cm³/mol. The van der Waals surface area contributed by atoms with Crippen molar-refractivity contribution in [2.45, 2.75) is 37.6 Å². The first-order valence-electron chi connectivity index (χ1n) is 10.1. The Hall–Kier alpha value is -2.42. The molecule has 1 saturated heterocycles. The number of hydrogen-bond acceptors (Lipinski definition) is 5. The number of aryl methyl sites for hydroxylation is 1. The van der Waals surface area contributed by atoms with E-state index in [9.17, 15) is 18.0 Å². The van der Waals surface area contributed by atoms with Crippen LogP contribution in [0.2, 0.25) is 5.02 Å². The third-order valence-corrected chi connectivity index (χ3v) is 7.41. The number of nitrogens with one attached hydrogen (secondary N) is 1. The van der Waals surface area contributed by atoms with Crippen LogP contribution in [-0.4, -0.2) is 44.3 Å². The lowest BCUT2D eigenvalue weighted by molar-refractivity contribution is -0.124. The number of nitrogens with zero attached hydrogens (tertiary/aromatic N) is 1. The lowest BCUT2D eigenvalue weighted by Crippen LogP contribution is -2.35. The number of benzene rings is 2. The van der Waals surface area contributed by atoms with Gasteiger partial charge in [0.15, 0.2) is 6.61 Å². The van der Waals surface area contributed by atoms with Gasteiger partial charge in [-0.3, -0.25) is 4.79 Å². The second-order valence-electron chi connectivity index (χ2n) is 7.39. The molecule has 1 aliphatic rings. The first-order valence-corrected chi connectivity index (χ1v) is 11.9. The molecule has 1 aliphatic heterocycles. The smallest absolute Gasteiger partial charge is 0.338 e. The van der Waals surface area contributed by atoms with Gasteiger partial charge in [-0.05, 0) is 49.1 Å².